The normalized spacial score (nSPS) is 34.3. The third-order valence-electron chi connectivity index (χ3n) is 10.1. The van der Waals surface area contributed by atoms with Crippen molar-refractivity contribution < 1.29 is 23.6 Å². The van der Waals surface area contributed by atoms with Crippen LogP contribution in [0.1, 0.15) is 61.0 Å². The molecule has 226 valence electrons. The van der Waals surface area contributed by atoms with Crippen molar-refractivity contribution in [3.05, 3.63) is 70.3 Å². The fourth-order valence-electron chi connectivity index (χ4n) is 7.20. The Morgan fingerprint density at radius 2 is 2.05 bits per heavy atom. The van der Waals surface area contributed by atoms with Crippen LogP contribution in [0.5, 0.6) is 5.75 Å². The number of anilines is 1. The molecule has 7 nitrogen and oxygen atoms in total. The molecule has 4 aliphatic rings. The monoisotopic (exact) mass is 611 g/mol. The molecule has 2 aromatic carbocycles. The molecule has 2 bridgehead atoms. The Morgan fingerprint density at radius 3 is 2.81 bits per heavy atom. The number of amides is 1. The maximum Gasteiger partial charge on any atom is 0.254 e. The molecule has 2 aromatic rings. The molecule has 6 atom stereocenters. The molecule has 6 rings (SSSR count). The number of hydrogen-bond acceptors (Lipinski definition) is 7. The smallest absolute Gasteiger partial charge is 0.254 e. The lowest BCUT2D eigenvalue weighted by molar-refractivity contribution is 0.0102. The SMILES string of the molecule is CO[C@H]1/C=C/[C@@](C)(O)[C@H](C)C[S-](=O)=NC(=O)c2ccc3c(c2)N(C[C@@H]2CC[C@H]21)C[C@@]1(CCCc2cc(Cl)ccc21)CO3. The zero-order valence-electron chi connectivity index (χ0n) is 24.6. The average Bonchev–Trinajstić information content (AvgIpc) is 3.09. The number of benzene rings is 2. The highest BCUT2D eigenvalue weighted by Crippen LogP contribution is 2.47. The van der Waals surface area contributed by atoms with Gasteiger partial charge in [0.25, 0.3) is 5.91 Å². The first kappa shape index (κ1) is 29.7. The summed E-state index contributed by atoms with van der Waals surface area (Å²) in [6.45, 7) is 5.60. The Hall–Kier alpha value is -2.39. The number of fused-ring (bicyclic) bond motifs is 4. The van der Waals surface area contributed by atoms with Crippen molar-refractivity contribution in [1.82, 2.24) is 0 Å². The van der Waals surface area contributed by atoms with Gasteiger partial charge in [0.15, 0.2) is 0 Å². The predicted octanol–water partition coefficient (Wildman–Crippen LogP) is 6.10. The highest BCUT2D eigenvalue weighted by Gasteiger charge is 2.44. The van der Waals surface area contributed by atoms with Gasteiger partial charge in [0.2, 0.25) is 0 Å². The number of ether oxygens (including phenoxy) is 2. The van der Waals surface area contributed by atoms with Crippen molar-refractivity contribution in [3.63, 3.8) is 0 Å². The van der Waals surface area contributed by atoms with Gasteiger partial charge in [-0.3, -0.25) is 4.79 Å². The van der Waals surface area contributed by atoms with Crippen molar-refractivity contribution in [2.45, 2.75) is 63.1 Å². The molecule has 0 radical (unpaired) electrons. The van der Waals surface area contributed by atoms with Crippen molar-refractivity contribution in [2.75, 3.05) is 37.5 Å². The van der Waals surface area contributed by atoms with Crippen LogP contribution in [0.3, 0.4) is 0 Å². The summed E-state index contributed by atoms with van der Waals surface area (Å²) >= 11 is 6.40. The summed E-state index contributed by atoms with van der Waals surface area (Å²) in [7, 11) is -0.0646. The second kappa shape index (κ2) is 11.6. The van der Waals surface area contributed by atoms with E-state index in [1.165, 1.54) is 11.1 Å². The number of rotatable bonds is 1. The molecule has 2 heterocycles. The summed E-state index contributed by atoms with van der Waals surface area (Å²) in [5.74, 6) is 0.564. The first-order valence-corrected chi connectivity index (χ1v) is 16.6. The van der Waals surface area contributed by atoms with Gasteiger partial charge in [-0.25, -0.2) is 0 Å². The molecule has 1 amide bonds. The summed E-state index contributed by atoms with van der Waals surface area (Å²) in [5, 5.41) is 11.9. The number of methoxy groups -OCH3 is 1. The zero-order chi connectivity index (χ0) is 29.6. The van der Waals surface area contributed by atoms with Crippen LogP contribution in [0.2, 0.25) is 5.02 Å². The second-order valence-electron chi connectivity index (χ2n) is 12.9. The lowest BCUT2D eigenvalue weighted by Gasteiger charge is -2.46. The van der Waals surface area contributed by atoms with Crippen LogP contribution in [0.15, 0.2) is 52.9 Å². The van der Waals surface area contributed by atoms with E-state index in [-0.39, 0.29) is 23.2 Å². The van der Waals surface area contributed by atoms with Crippen LogP contribution in [0, 0.1) is 17.8 Å². The molecule has 0 unspecified atom stereocenters. The minimum atomic E-state index is -1.79. The van der Waals surface area contributed by atoms with E-state index in [4.69, 9.17) is 21.1 Å². The van der Waals surface area contributed by atoms with Crippen molar-refractivity contribution >= 4 is 33.8 Å². The second-order valence-corrected chi connectivity index (χ2v) is 14.5. The highest BCUT2D eigenvalue weighted by molar-refractivity contribution is 7.75. The van der Waals surface area contributed by atoms with Gasteiger partial charge in [-0.05, 0) is 98.2 Å². The number of hydrogen-bond donors (Lipinski definition) is 1. The Bertz CT molecular complexity index is 1480. The average molecular weight is 612 g/mol. The number of aryl methyl sites for hydroxylation is 1. The molecular weight excluding hydrogens is 572 g/mol. The summed E-state index contributed by atoms with van der Waals surface area (Å²) in [5.41, 5.74) is 2.39. The Balaban J connectivity index is 1.44. The molecule has 2 aliphatic carbocycles. The largest absolute Gasteiger partial charge is 0.490 e. The Kier molecular flexibility index (Phi) is 8.20. The molecule has 0 aromatic heterocycles. The van der Waals surface area contributed by atoms with E-state index in [0.717, 1.165) is 61.7 Å². The van der Waals surface area contributed by atoms with Crippen molar-refractivity contribution in [3.8, 4) is 5.75 Å². The number of carbonyl (C=O) groups is 1. The molecule has 9 heteroatoms. The number of carbonyl (C=O) groups excluding carboxylic acids is 1. The van der Waals surface area contributed by atoms with Gasteiger partial charge < -0.3 is 28.1 Å². The maximum atomic E-state index is 13.2. The van der Waals surface area contributed by atoms with Crippen LogP contribution in [-0.2, 0) is 31.4 Å². The Morgan fingerprint density at radius 1 is 1.21 bits per heavy atom. The zero-order valence-corrected chi connectivity index (χ0v) is 26.1. The van der Waals surface area contributed by atoms with E-state index in [1.807, 2.05) is 31.2 Å². The van der Waals surface area contributed by atoms with Crippen LogP contribution in [-0.4, -0.2) is 55.3 Å². The topological polar surface area (TPSA) is 88.4 Å². The third kappa shape index (κ3) is 5.63. The Labute approximate surface area is 255 Å². The van der Waals surface area contributed by atoms with E-state index in [0.29, 0.717) is 24.0 Å². The predicted molar refractivity (Wildman–Crippen MR) is 166 cm³/mol. The van der Waals surface area contributed by atoms with Crippen molar-refractivity contribution in [2.24, 2.45) is 22.1 Å². The highest BCUT2D eigenvalue weighted by atomic mass is 35.5. The molecular formula is C33H40ClN2O5S-. The van der Waals surface area contributed by atoms with Crippen LogP contribution in [0.25, 0.3) is 0 Å². The van der Waals surface area contributed by atoms with Crippen LogP contribution < -0.4 is 9.64 Å². The minimum absolute atomic E-state index is 0.0684. The number of aliphatic hydroxyl groups is 1. The molecule has 1 N–H and O–H groups in total. The van der Waals surface area contributed by atoms with E-state index in [2.05, 4.69) is 21.4 Å². The summed E-state index contributed by atoms with van der Waals surface area (Å²) < 4.78 is 29.5. The fourth-order valence-corrected chi connectivity index (χ4v) is 8.52. The van der Waals surface area contributed by atoms with Gasteiger partial charge in [0, 0.05) is 36.2 Å². The van der Waals surface area contributed by atoms with Crippen molar-refractivity contribution in [1.29, 1.82) is 0 Å². The maximum absolute atomic E-state index is 13.2. The lowest BCUT2D eigenvalue weighted by Crippen LogP contribution is -2.49. The van der Waals surface area contributed by atoms with Gasteiger partial charge >= 0.3 is 0 Å². The van der Waals surface area contributed by atoms with Gasteiger partial charge in [-0.1, -0.05) is 42.5 Å². The summed E-state index contributed by atoms with van der Waals surface area (Å²) in [6.07, 6.45) is 8.74. The molecule has 1 fully saturated rings. The van der Waals surface area contributed by atoms with Gasteiger partial charge in [-0.15, -0.1) is 0 Å². The standard InChI is InChI=1S/C33H40ClN2O5S/c1-21-18-42(39)35-31(37)23-7-11-30-28(16-23)36(17-24-6-9-26(24)29(40-3)12-14-32(21,2)38)19-33(20-41-30)13-4-5-22-15-25(34)8-10-27(22)33/h7-8,10-12,14-16,21,24,26,29,38H,4-6,9,13,17-20H2,1-3H3/q-1/b14-12+/t21-,24+,26-,29+,32-,33+/m1/s1. The van der Waals surface area contributed by atoms with E-state index in [9.17, 15) is 14.1 Å². The fraction of sp³-hybridized carbons (Fsp3) is 0.545. The minimum Gasteiger partial charge on any atom is -0.490 e. The molecule has 1 spiro atoms. The first-order valence-electron chi connectivity index (χ1n) is 15.0. The molecule has 1 saturated carbocycles. The molecule has 2 aliphatic heterocycles. The van der Waals surface area contributed by atoms with E-state index in [1.54, 1.807) is 26.2 Å². The van der Waals surface area contributed by atoms with Crippen LogP contribution in [0.4, 0.5) is 5.69 Å². The first-order chi connectivity index (χ1) is 20.1. The van der Waals surface area contributed by atoms with Gasteiger partial charge in [0.05, 0.1) is 24.0 Å². The summed E-state index contributed by atoms with van der Waals surface area (Å²) in [4.78, 5) is 15.6. The quantitative estimate of drug-likeness (QED) is 0.310. The van der Waals surface area contributed by atoms with Gasteiger partial charge in [0.1, 0.15) is 5.75 Å². The molecule has 0 saturated heterocycles. The molecule has 42 heavy (non-hydrogen) atoms. The third-order valence-corrected chi connectivity index (χ3v) is 11.5. The number of nitrogens with zero attached hydrogens (tertiary/aromatic N) is 2. The number of halogens is 1. The van der Waals surface area contributed by atoms with E-state index >= 15 is 0 Å². The van der Waals surface area contributed by atoms with Crippen LogP contribution >= 0.6 is 11.6 Å². The van der Waals surface area contributed by atoms with E-state index < -0.39 is 22.1 Å². The summed E-state index contributed by atoms with van der Waals surface area (Å²) in [6, 6.07) is 11.7. The lowest BCUT2D eigenvalue weighted by atomic mass is 9.68. The van der Waals surface area contributed by atoms with Gasteiger partial charge in [-0.2, -0.15) is 10.6 Å².